The Morgan fingerprint density at radius 1 is 1.10 bits per heavy atom. The van der Waals surface area contributed by atoms with Gasteiger partial charge in [0, 0.05) is 13.1 Å². The van der Waals surface area contributed by atoms with Crippen molar-refractivity contribution in [2.45, 2.75) is 38.6 Å². The number of sulfonamides is 1. The van der Waals surface area contributed by atoms with Gasteiger partial charge >= 0.3 is 5.97 Å². The van der Waals surface area contributed by atoms with E-state index in [4.69, 9.17) is 4.74 Å². The first-order valence-electron chi connectivity index (χ1n) is 9.92. The van der Waals surface area contributed by atoms with E-state index < -0.39 is 34.5 Å². The zero-order valence-corrected chi connectivity index (χ0v) is 18.8. The molecule has 0 aliphatic rings. The summed E-state index contributed by atoms with van der Waals surface area (Å²) in [6, 6.07) is 9.54. The maximum Gasteiger partial charge on any atom is 0.338 e. The SMILES string of the molecule is CCN(CC)S(=O)(=O)c1cc(C(=O)OCC(=O)N[C@@H](C)c2ccc(F)cc2)ccc1C. The molecule has 0 spiro atoms. The third-order valence-electron chi connectivity index (χ3n) is 4.83. The number of carbonyl (C=O) groups excluding carboxylic acids is 2. The summed E-state index contributed by atoms with van der Waals surface area (Å²) in [6.45, 7) is 6.92. The fraction of sp³-hybridized carbons (Fsp3) is 0.364. The van der Waals surface area contributed by atoms with Gasteiger partial charge in [-0.3, -0.25) is 4.79 Å². The van der Waals surface area contributed by atoms with Gasteiger partial charge in [-0.15, -0.1) is 0 Å². The summed E-state index contributed by atoms with van der Waals surface area (Å²) in [5, 5.41) is 2.66. The van der Waals surface area contributed by atoms with Crippen LogP contribution in [0.3, 0.4) is 0 Å². The van der Waals surface area contributed by atoms with Gasteiger partial charge in [-0.05, 0) is 49.2 Å². The Hall–Kier alpha value is -2.78. The number of hydrogen-bond donors (Lipinski definition) is 1. The fourth-order valence-electron chi connectivity index (χ4n) is 3.04. The Balaban J connectivity index is 2.05. The van der Waals surface area contributed by atoms with Gasteiger partial charge in [0.25, 0.3) is 5.91 Å². The molecule has 0 aromatic heterocycles. The largest absolute Gasteiger partial charge is 0.452 e. The van der Waals surface area contributed by atoms with Crippen LogP contribution in [0.25, 0.3) is 0 Å². The minimum Gasteiger partial charge on any atom is -0.452 e. The van der Waals surface area contributed by atoms with Crippen LogP contribution in [0.1, 0.15) is 48.3 Å². The van der Waals surface area contributed by atoms with E-state index in [1.54, 1.807) is 39.8 Å². The van der Waals surface area contributed by atoms with Gasteiger partial charge in [0.2, 0.25) is 10.0 Å². The van der Waals surface area contributed by atoms with Crippen molar-refractivity contribution in [1.82, 2.24) is 9.62 Å². The molecule has 0 bridgehead atoms. The molecule has 0 aliphatic heterocycles. The second-order valence-electron chi connectivity index (χ2n) is 6.99. The Morgan fingerprint density at radius 3 is 2.29 bits per heavy atom. The number of benzene rings is 2. The van der Waals surface area contributed by atoms with Crippen LogP contribution in [-0.4, -0.2) is 44.3 Å². The number of ether oxygens (including phenoxy) is 1. The van der Waals surface area contributed by atoms with Crippen molar-refractivity contribution in [1.29, 1.82) is 0 Å². The maximum atomic E-state index is 13.0. The van der Waals surface area contributed by atoms with E-state index in [1.165, 1.54) is 34.6 Å². The van der Waals surface area contributed by atoms with Gasteiger partial charge in [-0.1, -0.05) is 32.0 Å². The molecule has 0 aliphatic carbocycles. The van der Waals surface area contributed by atoms with E-state index in [0.29, 0.717) is 24.2 Å². The molecular weight excluding hydrogens is 423 g/mol. The van der Waals surface area contributed by atoms with Crippen LogP contribution >= 0.6 is 0 Å². The van der Waals surface area contributed by atoms with Crippen LogP contribution in [0, 0.1) is 12.7 Å². The monoisotopic (exact) mass is 450 g/mol. The molecule has 0 fully saturated rings. The molecule has 9 heteroatoms. The molecule has 7 nitrogen and oxygen atoms in total. The highest BCUT2D eigenvalue weighted by molar-refractivity contribution is 7.89. The van der Waals surface area contributed by atoms with E-state index in [9.17, 15) is 22.4 Å². The average molecular weight is 451 g/mol. The summed E-state index contributed by atoms with van der Waals surface area (Å²) in [4.78, 5) is 24.5. The molecule has 2 rings (SSSR count). The third-order valence-corrected chi connectivity index (χ3v) is 7.02. The van der Waals surface area contributed by atoms with Gasteiger partial charge in [-0.2, -0.15) is 4.31 Å². The standard InChI is InChI=1S/C22H27FN2O5S/c1-5-25(6-2)31(28,29)20-13-18(8-7-15(20)3)22(27)30-14-21(26)24-16(4)17-9-11-19(23)12-10-17/h7-13,16H,5-6,14H2,1-4H3,(H,24,26)/t16-/m0/s1. The zero-order chi connectivity index (χ0) is 23.2. The summed E-state index contributed by atoms with van der Waals surface area (Å²) in [7, 11) is -3.75. The minimum atomic E-state index is -3.75. The first kappa shape index (κ1) is 24.5. The second kappa shape index (κ2) is 10.5. The lowest BCUT2D eigenvalue weighted by molar-refractivity contribution is -0.124. The number of rotatable bonds is 9. The zero-order valence-electron chi connectivity index (χ0n) is 18.0. The summed E-state index contributed by atoms with van der Waals surface area (Å²) in [5.41, 5.74) is 1.25. The van der Waals surface area contributed by atoms with Gasteiger partial charge in [0.1, 0.15) is 5.82 Å². The number of amides is 1. The van der Waals surface area contributed by atoms with Crippen molar-refractivity contribution in [3.05, 3.63) is 65.0 Å². The Morgan fingerprint density at radius 2 is 1.71 bits per heavy atom. The molecule has 0 unspecified atom stereocenters. The number of aryl methyl sites for hydroxylation is 1. The van der Waals surface area contributed by atoms with Crippen LogP contribution in [-0.2, 0) is 19.6 Å². The number of halogens is 1. The highest BCUT2D eigenvalue weighted by Gasteiger charge is 2.25. The number of nitrogens with zero attached hydrogens (tertiary/aromatic N) is 1. The van der Waals surface area contributed by atoms with Gasteiger partial charge in [-0.25, -0.2) is 17.6 Å². The molecule has 0 saturated heterocycles. The fourth-order valence-corrected chi connectivity index (χ4v) is 4.75. The van der Waals surface area contributed by atoms with Gasteiger partial charge in [0.05, 0.1) is 16.5 Å². The third kappa shape index (κ3) is 6.11. The summed E-state index contributed by atoms with van der Waals surface area (Å²) >= 11 is 0. The average Bonchev–Trinajstić information content (AvgIpc) is 2.73. The lowest BCUT2D eigenvalue weighted by Gasteiger charge is -2.20. The highest BCUT2D eigenvalue weighted by Crippen LogP contribution is 2.22. The van der Waals surface area contributed by atoms with Crippen molar-refractivity contribution in [3.8, 4) is 0 Å². The summed E-state index contributed by atoms with van der Waals surface area (Å²) in [5.74, 6) is -1.72. The molecule has 0 saturated carbocycles. The molecule has 0 heterocycles. The Labute approximate surface area is 182 Å². The van der Waals surface area contributed by atoms with Crippen LogP contribution in [0.5, 0.6) is 0 Å². The molecule has 168 valence electrons. The van der Waals surface area contributed by atoms with Crippen LogP contribution in [0.4, 0.5) is 4.39 Å². The first-order valence-corrected chi connectivity index (χ1v) is 11.4. The Kier molecular flexibility index (Phi) is 8.29. The van der Waals surface area contributed by atoms with Crippen molar-refractivity contribution < 1.29 is 27.1 Å². The van der Waals surface area contributed by atoms with Crippen LogP contribution in [0.2, 0.25) is 0 Å². The van der Waals surface area contributed by atoms with E-state index in [0.717, 1.165) is 0 Å². The predicted molar refractivity (Wildman–Crippen MR) is 115 cm³/mol. The molecule has 1 N–H and O–H groups in total. The topological polar surface area (TPSA) is 92.8 Å². The summed E-state index contributed by atoms with van der Waals surface area (Å²) in [6.07, 6.45) is 0. The number of esters is 1. The smallest absolute Gasteiger partial charge is 0.338 e. The molecule has 1 atom stereocenters. The molecule has 1 amide bonds. The lowest BCUT2D eigenvalue weighted by atomic mass is 10.1. The molecule has 2 aromatic carbocycles. The first-order chi connectivity index (χ1) is 14.6. The maximum absolute atomic E-state index is 13.0. The van der Waals surface area contributed by atoms with Crippen molar-refractivity contribution in [2.75, 3.05) is 19.7 Å². The Bertz CT molecular complexity index is 1030. The van der Waals surface area contributed by atoms with Crippen molar-refractivity contribution in [3.63, 3.8) is 0 Å². The number of hydrogen-bond acceptors (Lipinski definition) is 5. The van der Waals surface area contributed by atoms with Crippen LogP contribution in [0.15, 0.2) is 47.4 Å². The lowest BCUT2D eigenvalue weighted by Crippen LogP contribution is -2.32. The van der Waals surface area contributed by atoms with E-state index in [2.05, 4.69) is 5.32 Å². The van der Waals surface area contributed by atoms with Crippen molar-refractivity contribution >= 4 is 21.9 Å². The molecule has 0 radical (unpaired) electrons. The number of carbonyl (C=O) groups is 2. The van der Waals surface area contributed by atoms with Gasteiger partial charge in [0.15, 0.2) is 6.61 Å². The minimum absolute atomic E-state index is 0.0278. The van der Waals surface area contributed by atoms with E-state index >= 15 is 0 Å². The molecule has 2 aromatic rings. The predicted octanol–water partition coefficient (Wildman–Crippen LogP) is 3.20. The molecular formula is C22H27FN2O5S. The highest BCUT2D eigenvalue weighted by atomic mass is 32.2. The van der Waals surface area contributed by atoms with E-state index in [1.807, 2.05) is 0 Å². The number of nitrogens with one attached hydrogen (secondary N) is 1. The van der Waals surface area contributed by atoms with Gasteiger partial charge < -0.3 is 10.1 Å². The second-order valence-corrected chi connectivity index (χ2v) is 8.89. The normalized spacial score (nSPS) is 12.5. The summed E-state index contributed by atoms with van der Waals surface area (Å²) < 4.78 is 45.0. The van der Waals surface area contributed by atoms with Crippen LogP contribution < -0.4 is 5.32 Å². The van der Waals surface area contributed by atoms with Crippen molar-refractivity contribution in [2.24, 2.45) is 0 Å². The molecule has 31 heavy (non-hydrogen) atoms. The quantitative estimate of drug-likeness (QED) is 0.593. The van der Waals surface area contributed by atoms with E-state index in [-0.39, 0.29) is 16.3 Å².